The largest absolute Gasteiger partial charge is 0.392 e. The van der Waals surface area contributed by atoms with Crippen LogP contribution >= 0.6 is 0 Å². The van der Waals surface area contributed by atoms with Gasteiger partial charge in [0, 0.05) is 19.6 Å². The van der Waals surface area contributed by atoms with E-state index in [0.717, 1.165) is 11.1 Å². The molecule has 0 spiro atoms. The van der Waals surface area contributed by atoms with Crippen molar-refractivity contribution < 1.29 is 13.5 Å². The molecule has 1 aromatic carbocycles. The molecule has 0 bridgehead atoms. The van der Waals surface area contributed by atoms with E-state index in [9.17, 15) is 13.5 Å². The average molecular weight is 284 g/mol. The van der Waals surface area contributed by atoms with Gasteiger partial charge in [0.25, 0.3) is 0 Å². The zero-order valence-electron chi connectivity index (χ0n) is 10.8. The molecule has 1 fully saturated rings. The van der Waals surface area contributed by atoms with E-state index in [4.69, 9.17) is 5.73 Å². The average Bonchev–Trinajstić information content (AvgIpc) is 2.39. The van der Waals surface area contributed by atoms with Crippen molar-refractivity contribution in [1.82, 2.24) is 4.31 Å². The van der Waals surface area contributed by atoms with Crippen LogP contribution in [0.15, 0.2) is 24.3 Å². The maximum atomic E-state index is 12.2. The Hall–Kier alpha value is -0.950. The first-order valence-electron chi connectivity index (χ1n) is 6.45. The molecule has 0 amide bonds. The number of benzene rings is 1. The molecule has 1 heterocycles. The molecule has 1 atom stereocenters. The van der Waals surface area contributed by atoms with Crippen molar-refractivity contribution in [3.8, 4) is 0 Å². The van der Waals surface area contributed by atoms with Crippen LogP contribution < -0.4 is 5.73 Å². The Kier molecular flexibility index (Phi) is 4.57. The predicted molar refractivity (Wildman–Crippen MR) is 73.8 cm³/mol. The van der Waals surface area contributed by atoms with E-state index in [1.54, 1.807) is 12.1 Å². The fourth-order valence-corrected chi connectivity index (χ4v) is 3.85. The molecule has 19 heavy (non-hydrogen) atoms. The van der Waals surface area contributed by atoms with Crippen LogP contribution in [0.5, 0.6) is 0 Å². The van der Waals surface area contributed by atoms with Gasteiger partial charge in [-0.1, -0.05) is 24.3 Å². The molecular weight excluding hydrogens is 264 g/mol. The Morgan fingerprint density at radius 2 is 1.89 bits per heavy atom. The van der Waals surface area contributed by atoms with Gasteiger partial charge in [-0.3, -0.25) is 0 Å². The maximum Gasteiger partial charge on any atom is 0.218 e. The fourth-order valence-electron chi connectivity index (χ4n) is 2.25. The summed E-state index contributed by atoms with van der Waals surface area (Å²) in [5.41, 5.74) is 7.23. The molecule has 5 nitrogen and oxygen atoms in total. The summed E-state index contributed by atoms with van der Waals surface area (Å²) in [6.45, 7) is 1.16. The summed E-state index contributed by atoms with van der Waals surface area (Å²) >= 11 is 0. The van der Waals surface area contributed by atoms with Crippen LogP contribution in [0, 0.1) is 0 Å². The van der Waals surface area contributed by atoms with E-state index in [2.05, 4.69) is 0 Å². The normalized spacial score (nSPS) is 21.5. The summed E-state index contributed by atoms with van der Waals surface area (Å²) in [6, 6.07) is 7.27. The summed E-state index contributed by atoms with van der Waals surface area (Å²) in [5, 5.41) is 9.56. The lowest BCUT2D eigenvalue weighted by molar-refractivity contribution is 0.108. The Bertz CT molecular complexity index is 513. The highest BCUT2D eigenvalue weighted by Crippen LogP contribution is 2.17. The Labute approximate surface area is 114 Å². The molecule has 0 aliphatic carbocycles. The van der Waals surface area contributed by atoms with Gasteiger partial charge in [0.2, 0.25) is 10.0 Å². The number of hydrogen-bond acceptors (Lipinski definition) is 4. The van der Waals surface area contributed by atoms with Gasteiger partial charge in [-0.2, -0.15) is 4.31 Å². The topological polar surface area (TPSA) is 83.6 Å². The van der Waals surface area contributed by atoms with E-state index in [-0.39, 0.29) is 12.3 Å². The fraction of sp³-hybridized carbons (Fsp3) is 0.538. The molecule has 2 rings (SSSR count). The molecule has 3 N–H and O–H groups in total. The highest BCUT2D eigenvalue weighted by atomic mass is 32.2. The quantitative estimate of drug-likeness (QED) is 0.840. The zero-order valence-corrected chi connectivity index (χ0v) is 11.6. The van der Waals surface area contributed by atoms with Crippen LogP contribution in [-0.4, -0.2) is 37.0 Å². The van der Waals surface area contributed by atoms with E-state index in [1.165, 1.54) is 4.31 Å². The van der Waals surface area contributed by atoms with Crippen molar-refractivity contribution in [2.24, 2.45) is 5.73 Å². The minimum Gasteiger partial charge on any atom is -0.392 e. The number of sulfonamides is 1. The second kappa shape index (κ2) is 6.00. The number of aliphatic hydroxyl groups excluding tert-OH is 1. The molecule has 106 valence electrons. The molecule has 0 aromatic heterocycles. The monoisotopic (exact) mass is 284 g/mol. The van der Waals surface area contributed by atoms with Gasteiger partial charge in [0.05, 0.1) is 11.9 Å². The smallest absolute Gasteiger partial charge is 0.218 e. The summed E-state index contributed by atoms with van der Waals surface area (Å²) < 4.78 is 25.9. The van der Waals surface area contributed by atoms with Crippen LogP contribution in [-0.2, 0) is 22.3 Å². The number of hydrogen-bond donors (Lipinski definition) is 2. The van der Waals surface area contributed by atoms with Gasteiger partial charge in [0.1, 0.15) is 0 Å². The summed E-state index contributed by atoms with van der Waals surface area (Å²) in [7, 11) is -3.35. The Balaban J connectivity index is 2.07. The Morgan fingerprint density at radius 3 is 2.47 bits per heavy atom. The first-order valence-corrected chi connectivity index (χ1v) is 8.06. The van der Waals surface area contributed by atoms with Crippen LogP contribution in [0.3, 0.4) is 0 Å². The van der Waals surface area contributed by atoms with Gasteiger partial charge in [-0.05, 0) is 24.0 Å². The van der Waals surface area contributed by atoms with Crippen molar-refractivity contribution in [3.05, 3.63) is 35.4 Å². The van der Waals surface area contributed by atoms with Crippen LogP contribution in [0.4, 0.5) is 0 Å². The molecule has 6 heteroatoms. The Morgan fingerprint density at radius 1 is 1.26 bits per heavy atom. The van der Waals surface area contributed by atoms with Gasteiger partial charge < -0.3 is 10.8 Å². The predicted octanol–water partition coefficient (Wildman–Crippen LogP) is 0.432. The van der Waals surface area contributed by atoms with Gasteiger partial charge in [0.15, 0.2) is 0 Å². The molecule has 1 aliphatic heterocycles. The molecule has 1 unspecified atom stereocenters. The molecular formula is C13H20N2O3S. The second-order valence-corrected chi connectivity index (χ2v) is 6.90. The first kappa shape index (κ1) is 14.5. The zero-order chi connectivity index (χ0) is 13.9. The SMILES string of the molecule is NCc1ccc(CS(=O)(=O)N2CCCC(O)C2)cc1. The van der Waals surface area contributed by atoms with Crippen molar-refractivity contribution >= 4 is 10.0 Å². The lowest BCUT2D eigenvalue weighted by Gasteiger charge is -2.29. The third kappa shape index (κ3) is 3.76. The second-order valence-electron chi connectivity index (χ2n) is 4.93. The molecule has 0 radical (unpaired) electrons. The lowest BCUT2D eigenvalue weighted by atomic mass is 10.1. The van der Waals surface area contributed by atoms with Crippen LogP contribution in [0.2, 0.25) is 0 Å². The minimum absolute atomic E-state index is 0.0232. The van der Waals surface area contributed by atoms with Crippen molar-refractivity contribution in [2.45, 2.75) is 31.2 Å². The summed E-state index contributed by atoms with van der Waals surface area (Å²) in [5.74, 6) is -0.0232. The number of aliphatic hydroxyl groups is 1. The lowest BCUT2D eigenvalue weighted by Crippen LogP contribution is -2.42. The van der Waals surface area contributed by atoms with Crippen molar-refractivity contribution in [2.75, 3.05) is 13.1 Å². The first-order chi connectivity index (χ1) is 9.01. The standard InChI is InChI=1S/C13H20N2O3S/c14-8-11-3-5-12(6-4-11)10-19(17,18)15-7-1-2-13(16)9-15/h3-6,13,16H,1-2,7-10,14H2. The van der Waals surface area contributed by atoms with E-state index < -0.39 is 16.1 Å². The van der Waals surface area contributed by atoms with Crippen molar-refractivity contribution in [3.63, 3.8) is 0 Å². The third-order valence-corrected chi connectivity index (χ3v) is 5.18. The molecule has 1 saturated heterocycles. The summed E-state index contributed by atoms with van der Waals surface area (Å²) in [4.78, 5) is 0. The van der Waals surface area contributed by atoms with Crippen LogP contribution in [0.1, 0.15) is 24.0 Å². The van der Waals surface area contributed by atoms with Gasteiger partial charge in [-0.15, -0.1) is 0 Å². The van der Waals surface area contributed by atoms with Gasteiger partial charge in [-0.25, -0.2) is 8.42 Å². The minimum atomic E-state index is -3.35. The third-order valence-electron chi connectivity index (χ3n) is 3.36. The number of piperidine rings is 1. The van der Waals surface area contributed by atoms with E-state index in [0.29, 0.717) is 25.9 Å². The number of nitrogens with zero attached hydrogens (tertiary/aromatic N) is 1. The highest BCUT2D eigenvalue weighted by Gasteiger charge is 2.27. The molecule has 1 aliphatic rings. The van der Waals surface area contributed by atoms with Crippen molar-refractivity contribution in [1.29, 1.82) is 0 Å². The number of nitrogens with two attached hydrogens (primary N) is 1. The molecule has 0 saturated carbocycles. The molecule has 1 aromatic rings. The van der Waals surface area contributed by atoms with Gasteiger partial charge >= 0.3 is 0 Å². The number of β-amino-alcohol motifs (C(OH)–C–C–N with tert-alkyl or cyclic N) is 1. The van der Waals surface area contributed by atoms with E-state index >= 15 is 0 Å². The van der Waals surface area contributed by atoms with E-state index in [1.807, 2.05) is 12.1 Å². The maximum absolute atomic E-state index is 12.2. The summed E-state index contributed by atoms with van der Waals surface area (Å²) in [6.07, 6.45) is 0.854. The van der Waals surface area contributed by atoms with Crippen LogP contribution in [0.25, 0.3) is 0 Å². The highest BCUT2D eigenvalue weighted by molar-refractivity contribution is 7.88. The number of rotatable bonds is 4.